The van der Waals surface area contributed by atoms with Crippen molar-refractivity contribution >= 4 is 29.9 Å². The maximum atomic E-state index is 5.96. The molecule has 0 aliphatic carbocycles. The van der Waals surface area contributed by atoms with Crippen LogP contribution in [0.2, 0.25) is 0 Å². The van der Waals surface area contributed by atoms with Crippen molar-refractivity contribution < 1.29 is 9.47 Å². The van der Waals surface area contributed by atoms with E-state index in [1.165, 1.54) is 11.1 Å². The van der Waals surface area contributed by atoms with Gasteiger partial charge in [-0.05, 0) is 38.1 Å². The minimum Gasteiger partial charge on any atom is -0.375 e. The first-order chi connectivity index (χ1) is 12.7. The van der Waals surface area contributed by atoms with Crippen molar-refractivity contribution in [3.63, 3.8) is 0 Å². The second kappa shape index (κ2) is 11.2. The summed E-state index contributed by atoms with van der Waals surface area (Å²) in [5, 5.41) is 3.54. The number of hydrogen-bond donors (Lipinski definition) is 1. The van der Waals surface area contributed by atoms with Gasteiger partial charge in [0.05, 0.1) is 12.7 Å². The van der Waals surface area contributed by atoms with Crippen molar-refractivity contribution in [1.82, 2.24) is 15.1 Å². The third-order valence-electron chi connectivity index (χ3n) is 5.03. The van der Waals surface area contributed by atoms with Gasteiger partial charge in [0.1, 0.15) is 6.10 Å². The molecular formula is C20H33IN4O2. The molecule has 0 saturated carbocycles. The number of ether oxygens (including phenoxy) is 2. The molecule has 1 aromatic rings. The van der Waals surface area contributed by atoms with Crippen LogP contribution >= 0.6 is 24.0 Å². The third-order valence-corrected chi connectivity index (χ3v) is 5.03. The second-order valence-electron chi connectivity index (χ2n) is 7.31. The lowest BCUT2D eigenvalue weighted by molar-refractivity contribution is -0.0817. The summed E-state index contributed by atoms with van der Waals surface area (Å²) in [6.07, 6.45) is 2.62. The molecule has 0 spiro atoms. The maximum absolute atomic E-state index is 5.96. The lowest BCUT2D eigenvalue weighted by atomic mass is 10.1. The maximum Gasteiger partial charge on any atom is 0.194 e. The Bertz CT molecular complexity index is 605. The minimum absolute atomic E-state index is 0. The fourth-order valence-electron chi connectivity index (χ4n) is 3.72. The van der Waals surface area contributed by atoms with Crippen LogP contribution < -0.4 is 5.32 Å². The Hall–Kier alpha value is -0.900. The zero-order valence-corrected chi connectivity index (χ0v) is 19.0. The van der Waals surface area contributed by atoms with Crippen molar-refractivity contribution in [2.75, 3.05) is 47.4 Å². The summed E-state index contributed by atoms with van der Waals surface area (Å²) < 4.78 is 11.8. The predicted molar refractivity (Wildman–Crippen MR) is 120 cm³/mol. The highest BCUT2D eigenvalue weighted by molar-refractivity contribution is 14.0. The number of nitrogens with zero attached hydrogens (tertiary/aromatic N) is 3. The standard InChI is InChI=1S/C20H32N4O2.HI/c1-21-20(22-13-16-7-4-5-8-17(16)14-23(2)3)24-10-12-26-19(15-24)18-9-6-11-25-18;/h4-5,7-8,18-19H,6,9-15H2,1-3H3,(H,21,22);1H. The zero-order chi connectivity index (χ0) is 18.4. The molecule has 2 heterocycles. The Balaban J connectivity index is 0.00000261. The molecular weight excluding hydrogens is 455 g/mol. The molecule has 2 atom stereocenters. The molecule has 7 heteroatoms. The number of benzene rings is 1. The van der Waals surface area contributed by atoms with E-state index >= 15 is 0 Å². The predicted octanol–water partition coefficient (Wildman–Crippen LogP) is 2.32. The van der Waals surface area contributed by atoms with E-state index in [0.29, 0.717) is 0 Å². The van der Waals surface area contributed by atoms with Crippen molar-refractivity contribution in [2.24, 2.45) is 4.99 Å². The van der Waals surface area contributed by atoms with Crippen molar-refractivity contribution in [2.45, 2.75) is 38.1 Å². The van der Waals surface area contributed by atoms with Gasteiger partial charge in [-0.1, -0.05) is 24.3 Å². The topological polar surface area (TPSA) is 49.3 Å². The van der Waals surface area contributed by atoms with Gasteiger partial charge in [-0.15, -0.1) is 24.0 Å². The quantitative estimate of drug-likeness (QED) is 0.392. The number of rotatable bonds is 5. The molecule has 0 radical (unpaired) electrons. The zero-order valence-electron chi connectivity index (χ0n) is 16.7. The highest BCUT2D eigenvalue weighted by Crippen LogP contribution is 2.21. The van der Waals surface area contributed by atoms with Gasteiger partial charge >= 0.3 is 0 Å². The number of hydrogen-bond acceptors (Lipinski definition) is 4. The monoisotopic (exact) mass is 488 g/mol. The van der Waals surface area contributed by atoms with Gasteiger partial charge in [-0.3, -0.25) is 4.99 Å². The molecule has 0 bridgehead atoms. The van der Waals surface area contributed by atoms with E-state index in [9.17, 15) is 0 Å². The first-order valence-electron chi connectivity index (χ1n) is 9.57. The van der Waals surface area contributed by atoms with Crippen LogP contribution in [0, 0.1) is 0 Å². The van der Waals surface area contributed by atoms with Gasteiger partial charge in [0, 0.05) is 39.8 Å². The van der Waals surface area contributed by atoms with Gasteiger partial charge in [0.25, 0.3) is 0 Å². The lowest BCUT2D eigenvalue weighted by Gasteiger charge is -2.37. The first kappa shape index (κ1) is 22.4. The average Bonchev–Trinajstić information content (AvgIpc) is 3.18. The van der Waals surface area contributed by atoms with E-state index in [1.807, 2.05) is 7.05 Å². The van der Waals surface area contributed by atoms with Crippen LogP contribution in [0.25, 0.3) is 0 Å². The average molecular weight is 488 g/mol. The minimum atomic E-state index is 0. The highest BCUT2D eigenvalue weighted by atomic mass is 127. The molecule has 2 unspecified atom stereocenters. The van der Waals surface area contributed by atoms with Crippen LogP contribution in [0.3, 0.4) is 0 Å². The van der Waals surface area contributed by atoms with Crippen molar-refractivity contribution in [3.8, 4) is 0 Å². The Morgan fingerprint density at radius 1 is 1.19 bits per heavy atom. The Morgan fingerprint density at radius 2 is 1.93 bits per heavy atom. The van der Waals surface area contributed by atoms with E-state index < -0.39 is 0 Å². The number of guanidine groups is 1. The van der Waals surface area contributed by atoms with Gasteiger partial charge in [0.15, 0.2) is 5.96 Å². The lowest BCUT2D eigenvalue weighted by Crippen LogP contribution is -2.53. The molecule has 2 fully saturated rings. The Labute approximate surface area is 180 Å². The first-order valence-corrected chi connectivity index (χ1v) is 9.57. The van der Waals surface area contributed by atoms with Crippen LogP contribution in [0.15, 0.2) is 29.3 Å². The summed E-state index contributed by atoms with van der Waals surface area (Å²) in [6.45, 7) is 5.00. The summed E-state index contributed by atoms with van der Waals surface area (Å²) >= 11 is 0. The number of nitrogens with one attached hydrogen (secondary N) is 1. The molecule has 0 amide bonds. The van der Waals surface area contributed by atoms with Crippen LogP contribution in [0.1, 0.15) is 24.0 Å². The van der Waals surface area contributed by atoms with E-state index in [0.717, 1.165) is 58.2 Å². The fourth-order valence-corrected chi connectivity index (χ4v) is 3.72. The van der Waals surface area contributed by atoms with Crippen LogP contribution in [0.5, 0.6) is 0 Å². The van der Waals surface area contributed by atoms with E-state index in [4.69, 9.17) is 9.47 Å². The van der Waals surface area contributed by atoms with Crippen molar-refractivity contribution in [1.29, 1.82) is 0 Å². The molecule has 152 valence electrons. The molecule has 1 aromatic carbocycles. The highest BCUT2D eigenvalue weighted by Gasteiger charge is 2.32. The number of morpholine rings is 1. The number of halogens is 1. The van der Waals surface area contributed by atoms with Crippen LogP contribution in [-0.2, 0) is 22.6 Å². The molecule has 6 nitrogen and oxygen atoms in total. The normalized spacial score (nSPS) is 23.4. The summed E-state index contributed by atoms with van der Waals surface area (Å²) in [4.78, 5) is 9.00. The van der Waals surface area contributed by atoms with Gasteiger partial charge in [-0.2, -0.15) is 0 Å². The van der Waals surface area contributed by atoms with Crippen LogP contribution in [0.4, 0.5) is 0 Å². The van der Waals surface area contributed by atoms with Gasteiger partial charge < -0.3 is 24.6 Å². The summed E-state index contributed by atoms with van der Waals surface area (Å²) in [6, 6.07) is 8.59. The molecule has 2 aliphatic heterocycles. The largest absolute Gasteiger partial charge is 0.375 e. The molecule has 0 aromatic heterocycles. The van der Waals surface area contributed by atoms with E-state index in [-0.39, 0.29) is 36.2 Å². The fraction of sp³-hybridized carbons (Fsp3) is 0.650. The molecule has 3 rings (SSSR count). The third kappa shape index (κ3) is 6.30. The summed E-state index contributed by atoms with van der Waals surface area (Å²) in [7, 11) is 6.05. The summed E-state index contributed by atoms with van der Waals surface area (Å²) in [5.41, 5.74) is 2.66. The molecule has 27 heavy (non-hydrogen) atoms. The molecule has 1 N–H and O–H groups in total. The SMILES string of the molecule is CN=C(NCc1ccccc1CN(C)C)N1CCOC(C2CCCO2)C1.I. The van der Waals surface area contributed by atoms with Crippen molar-refractivity contribution in [3.05, 3.63) is 35.4 Å². The van der Waals surface area contributed by atoms with Gasteiger partial charge in [-0.25, -0.2) is 0 Å². The molecule has 2 saturated heterocycles. The van der Waals surface area contributed by atoms with E-state index in [2.05, 4.69) is 58.5 Å². The number of aliphatic imine (C=N–C) groups is 1. The van der Waals surface area contributed by atoms with Crippen LogP contribution in [-0.4, -0.2) is 75.4 Å². The van der Waals surface area contributed by atoms with Gasteiger partial charge in [0.2, 0.25) is 0 Å². The second-order valence-corrected chi connectivity index (χ2v) is 7.31. The Kier molecular flexibility index (Phi) is 9.28. The smallest absolute Gasteiger partial charge is 0.194 e. The molecule has 2 aliphatic rings. The Morgan fingerprint density at radius 3 is 2.59 bits per heavy atom. The van der Waals surface area contributed by atoms with E-state index in [1.54, 1.807) is 0 Å². The summed E-state index contributed by atoms with van der Waals surface area (Å²) in [5.74, 6) is 0.941.